The van der Waals surface area contributed by atoms with Crippen molar-refractivity contribution in [2.45, 2.75) is 53.1 Å². The maximum Gasteiger partial charge on any atom is 0.0464 e. The summed E-state index contributed by atoms with van der Waals surface area (Å²) in [5.74, 6) is 1.42. The lowest BCUT2D eigenvalue weighted by Crippen LogP contribution is -2.39. The fourth-order valence-electron chi connectivity index (χ4n) is 1.74. The second kappa shape index (κ2) is 7.24. The molecule has 2 heteroatoms. The quantitative estimate of drug-likeness (QED) is 0.684. The summed E-state index contributed by atoms with van der Waals surface area (Å²) in [4.78, 5) is 0. The Bertz CT molecular complexity index is 136. The van der Waals surface area contributed by atoms with Crippen LogP contribution < -0.4 is 5.32 Å². The highest BCUT2D eigenvalue weighted by atomic mass is 16.5. The molecule has 0 aromatic heterocycles. The third kappa shape index (κ3) is 5.61. The van der Waals surface area contributed by atoms with E-state index in [1.165, 1.54) is 0 Å². The largest absolute Gasteiger partial charge is 0.385 e. The molecule has 0 saturated heterocycles. The molecular formula is C12H27NO. The van der Waals surface area contributed by atoms with Crippen LogP contribution in [0.25, 0.3) is 0 Å². The third-order valence-corrected chi connectivity index (χ3v) is 3.06. The molecule has 0 aliphatic carbocycles. The van der Waals surface area contributed by atoms with Gasteiger partial charge in [0.05, 0.1) is 0 Å². The van der Waals surface area contributed by atoms with Gasteiger partial charge in [0.25, 0.3) is 0 Å². The van der Waals surface area contributed by atoms with Crippen LogP contribution in [-0.4, -0.2) is 25.8 Å². The van der Waals surface area contributed by atoms with Crippen molar-refractivity contribution in [2.24, 2.45) is 11.8 Å². The average molecular weight is 201 g/mol. The molecule has 0 rings (SSSR count). The minimum atomic E-state index is 0.571. The Kier molecular flexibility index (Phi) is 7.20. The van der Waals surface area contributed by atoms with Crippen molar-refractivity contribution in [1.82, 2.24) is 5.32 Å². The second-order valence-corrected chi connectivity index (χ2v) is 4.73. The third-order valence-electron chi connectivity index (χ3n) is 3.06. The van der Waals surface area contributed by atoms with E-state index in [1.807, 2.05) is 0 Å². The molecule has 2 nitrogen and oxygen atoms in total. The summed E-state index contributed by atoms with van der Waals surface area (Å²) in [6, 6.07) is 1.16. The summed E-state index contributed by atoms with van der Waals surface area (Å²) in [6.07, 6.45) is 1.15. The summed E-state index contributed by atoms with van der Waals surface area (Å²) >= 11 is 0. The average Bonchev–Trinajstić information content (AvgIpc) is 2.11. The highest BCUT2D eigenvalue weighted by Crippen LogP contribution is 2.18. The van der Waals surface area contributed by atoms with Gasteiger partial charge in [-0.05, 0) is 25.2 Å². The SMILES string of the molecule is COCCC(C)C(C)C(C)NC(C)C. The fourth-order valence-corrected chi connectivity index (χ4v) is 1.74. The minimum Gasteiger partial charge on any atom is -0.385 e. The lowest BCUT2D eigenvalue weighted by molar-refractivity contribution is 0.158. The molecule has 0 aliphatic rings. The number of hydrogen-bond donors (Lipinski definition) is 1. The predicted molar refractivity (Wildman–Crippen MR) is 62.6 cm³/mol. The van der Waals surface area contributed by atoms with Gasteiger partial charge in [0, 0.05) is 25.8 Å². The molecule has 0 aliphatic heterocycles. The Morgan fingerprint density at radius 1 is 1.07 bits per heavy atom. The molecule has 86 valence electrons. The van der Waals surface area contributed by atoms with Gasteiger partial charge in [-0.15, -0.1) is 0 Å². The highest BCUT2D eigenvalue weighted by molar-refractivity contribution is 4.74. The normalized spacial score (nSPS) is 18.2. The van der Waals surface area contributed by atoms with Crippen molar-refractivity contribution in [2.75, 3.05) is 13.7 Å². The molecular weight excluding hydrogens is 174 g/mol. The molecule has 0 bridgehead atoms. The van der Waals surface area contributed by atoms with E-state index in [0.29, 0.717) is 18.0 Å². The van der Waals surface area contributed by atoms with Crippen LogP contribution in [0.2, 0.25) is 0 Å². The first-order valence-corrected chi connectivity index (χ1v) is 5.74. The molecule has 1 N–H and O–H groups in total. The number of ether oxygens (including phenoxy) is 1. The number of rotatable bonds is 7. The Balaban J connectivity index is 3.84. The zero-order valence-corrected chi connectivity index (χ0v) is 10.6. The molecule has 0 saturated carbocycles. The van der Waals surface area contributed by atoms with Crippen LogP contribution in [0.15, 0.2) is 0 Å². The Hall–Kier alpha value is -0.0800. The topological polar surface area (TPSA) is 21.3 Å². The zero-order valence-electron chi connectivity index (χ0n) is 10.6. The summed E-state index contributed by atoms with van der Waals surface area (Å²) in [5.41, 5.74) is 0. The second-order valence-electron chi connectivity index (χ2n) is 4.73. The highest BCUT2D eigenvalue weighted by Gasteiger charge is 2.18. The van der Waals surface area contributed by atoms with Gasteiger partial charge in [0.2, 0.25) is 0 Å². The molecule has 0 aromatic carbocycles. The number of methoxy groups -OCH3 is 1. The number of nitrogens with one attached hydrogen (secondary N) is 1. The van der Waals surface area contributed by atoms with E-state index in [1.54, 1.807) is 7.11 Å². The van der Waals surface area contributed by atoms with Gasteiger partial charge in [0.15, 0.2) is 0 Å². The molecule has 0 spiro atoms. The van der Waals surface area contributed by atoms with E-state index < -0.39 is 0 Å². The van der Waals surface area contributed by atoms with Crippen LogP contribution in [0.3, 0.4) is 0 Å². The van der Waals surface area contributed by atoms with Crippen molar-refractivity contribution in [1.29, 1.82) is 0 Å². The summed E-state index contributed by atoms with van der Waals surface area (Å²) in [7, 11) is 1.77. The molecule has 0 fully saturated rings. The van der Waals surface area contributed by atoms with Gasteiger partial charge in [-0.1, -0.05) is 27.7 Å². The van der Waals surface area contributed by atoms with Gasteiger partial charge in [-0.25, -0.2) is 0 Å². The van der Waals surface area contributed by atoms with Gasteiger partial charge in [-0.3, -0.25) is 0 Å². The minimum absolute atomic E-state index is 0.571. The Labute approximate surface area is 89.4 Å². The molecule has 3 unspecified atom stereocenters. The van der Waals surface area contributed by atoms with Crippen LogP contribution in [0.1, 0.15) is 41.0 Å². The monoisotopic (exact) mass is 201 g/mol. The summed E-state index contributed by atoms with van der Waals surface area (Å²) in [6.45, 7) is 12.2. The molecule has 0 amide bonds. The van der Waals surface area contributed by atoms with Gasteiger partial charge in [-0.2, -0.15) is 0 Å². The lowest BCUT2D eigenvalue weighted by atomic mass is 9.87. The van der Waals surface area contributed by atoms with Crippen LogP contribution >= 0.6 is 0 Å². The summed E-state index contributed by atoms with van der Waals surface area (Å²) in [5, 5.41) is 3.56. The predicted octanol–water partition coefficient (Wildman–Crippen LogP) is 2.68. The molecule has 0 aromatic rings. The first kappa shape index (κ1) is 13.9. The van der Waals surface area contributed by atoms with E-state index in [-0.39, 0.29) is 0 Å². The van der Waals surface area contributed by atoms with Gasteiger partial charge in [0.1, 0.15) is 0 Å². The van der Waals surface area contributed by atoms with E-state index >= 15 is 0 Å². The van der Waals surface area contributed by atoms with E-state index in [4.69, 9.17) is 4.74 Å². The van der Waals surface area contributed by atoms with E-state index in [2.05, 4.69) is 39.9 Å². The lowest BCUT2D eigenvalue weighted by Gasteiger charge is -2.28. The van der Waals surface area contributed by atoms with E-state index in [9.17, 15) is 0 Å². The molecule has 3 atom stereocenters. The fraction of sp³-hybridized carbons (Fsp3) is 1.00. The smallest absolute Gasteiger partial charge is 0.0464 e. The van der Waals surface area contributed by atoms with Crippen LogP contribution in [0.5, 0.6) is 0 Å². The Morgan fingerprint density at radius 2 is 1.64 bits per heavy atom. The van der Waals surface area contributed by atoms with Crippen LogP contribution in [0, 0.1) is 11.8 Å². The van der Waals surface area contributed by atoms with Crippen LogP contribution in [-0.2, 0) is 4.74 Å². The standard InChI is InChI=1S/C12H27NO/c1-9(2)13-12(5)11(4)10(3)7-8-14-6/h9-13H,7-8H2,1-6H3. The molecule has 0 heterocycles. The number of hydrogen-bond acceptors (Lipinski definition) is 2. The van der Waals surface area contributed by atoms with Gasteiger partial charge >= 0.3 is 0 Å². The van der Waals surface area contributed by atoms with Crippen molar-refractivity contribution in [3.8, 4) is 0 Å². The zero-order chi connectivity index (χ0) is 11.1. The first-order chi connectivity index (χ1) is 6.49. The van der Waals surface area contributed by atoms with E-state index in [0.717, 1.165) is 18.9 Å². The van der Waals surface area contributed by atoms with Crippen molar-refractivity contribution in [3.05, 3.63) is 0 Å². The van der Waals surface area contributed by atoms with Crippen LogP contribution in [0.4, 0.5) is 0 Å². The first-order valence-electron chi connectivity index (χ1n) is 5.74. The van der Waals surface area contributed by atoms with Gasteiger partial charge < -0.3 is 10.1 Å². The molecule has 14 heavy (non-hydrogen) atoms. The summed E-state index contributed by atoms with van der Waals surface area (Å²) < 4.78 is 5.10. The molecule has 0 radical (unpaired) electrons. The van der Waals surface area contributed by atoms with Crippen molar-refractivity contribution < 1.29 is 4.74 Å². The van der Waals surface area contributed by atoms with Crippen molar-refractivity contribution >= 4 is 0 Å². The maximum atomic E-state index is 5.10. The Morgan fingerprint density at radius 3 is 2.07 bits per heavy atom. The van der Waals surface area contributed by atoms with Crippen molar-refractivity contribution in [3.63, 3.8) is 0 Å². The maximum absolute atomic E-state index is 5.10.